The van der Waals surface area contributed by atoms with Gasteiger partial charge in [-0.05, 0) is 35.4 Å². The fraction of sp³-hybridized carbons (Fsp3) is 0.176. The summed E-state index contributed by atoms with van der Waals surface area (Å²) in [5.41, 5.74) is 1.62. The van der Waals surface area contributed by atoms with Crippen LogP contribution < -0.4 is 10.1 Å². The van der Waals surface area contributed by atoms with Crippen LogP contribution in [0.5, 0.6) is 5.75 Å². The molecule has 0 saturated carbocycles. The van der Waals surface area contributed by atoms with Crippen molar-refractivity contribution in [3.63, 3.8) is 0 Å². The van der Waals surface area contributed by atoms with Crippen molar-refractivity contribution in [2.45, 2.75) is 13.0 Å². The number of ether oxygens (including phenoxy) is 1. The zero-order valence-electron chi connectivity index (χ0n) is 12.3. The summed E-state index contributed by atoms with van der Waals surface area (Å²) in [4.78, 5) is 22.3. The molecule has 0 aliphatic heterocycles. The number of nitrogens with one attached hydrogen (secondary N) is 1. The SMILES string of the molecule is O=C(O)Cc1ccc(OCC(=O)NCc2ccc(Cl)cc2)cc1. The molecule has 0 spiro atoms. The number of carbonyl (C=O) groups excluding carboxylic acids is 1. The zero-order valence-corrected chi connectivity index (χ0v) is 13.0. The molecule has 0 heterocycles. The average Bonchev–Trinajstić information content (AvgIpc) is 2.53. The fourth-order valence-electron chi connectivity index (χ4n) is 1.88. The van der Waals surface area contributed by atoms with Crippen molar-refractivity contribution in [1.82, 2.24) is 5.32 Å². The first-order valence-corrected chi connectivity index (χ1v) is 7.35. The maximum Gasteiger partial charge on any atom is 0.307 e. The molecule has 0 bridgehead atoms. The molecule has 5 nitrogen and oxygen atoms in total. The van der Waals surface area contributed by atoms with Gasteiger partial charge < -0.3 is 15.2 Å². The molecular formula is C17H16ClNO4. The Morgan fingerprint density at radius 3 is 2.22 bits per heavy atom. The standard InChI is InChI=1S/C17H16ClNO4/c18-14-5-1-13(2-6-14)10-19-16(20)11-23-15-7-3-12(4-8-15)9-17(21)22/h1-8H,9-11H2,(H,19,20)(H,21,22). The van der Waals surface area contributed by atoms with Gasteiger partial charge in [-0.15, -0.1) is 0 Å². The summed E-state index contributed by atoms with van der Waals surface area (Å²) in [5.74, 6) is -0.615. The summed E-state index contributed by atoms with van der Waals surface area (Å²) in [5, 5.41) is 12.1. The smallest absolute Gasteiger partial charge is 0.307 e. The van der Waals surface area contributed by atoms with E-state index in [9.17, 15) is 9.59 Å². The lowest BCUT2D eigenvalue weighted by atomic mass is 10.1. The molecular weight excluding hydrogens is 318 g/mol. The molecule has 0 fully saturated rings. The number of hydrogen-bond donors (Lipinski definition) is 2. The number of benzene rings is 2. The first-order valence-electron chi connectivity index (χ1n) is 6.97. The number of amides is 1. The van der Waals surface area contributed by atoms with Gasteiger partial charge in [0, 0.05) is 11.6 Å². The first-order chi connectivity index (χ1) is 11.0. The van der Waals surface area contributed by atoms with Gasteiger partial charge in [0.15, 0.2) is 6.61 Å². The van der Waals surface area contributed by atoms with Gasteiger partial charge in [0.1, 0.15) is 5.75 Å². The van der Waals surface area contributed by atoms with Crippen LogP contribution in [0.3, 0.4) is 0 Å². The van der Waals surface area contributed by atoms with Crippen LogP contribution >= 0.6 is 11.6 Å². The predicted octanol–water partition coefficient (Wildman–Crippen LogP) is 2.66. The maximum atomic E-state index is 11.7. The molecule has 0 saturated heterocycles. The van der Waals surface area contributed by atoms with Crippen molar-refractivity contribution in [3.05, 3.63) is 64.7 Å². The predicted molar refractivity (Wildman–Crippen MR) is 86.6 cm³/mol. The highest BCUT2D eigenvalue weighted by Gasteiger charge is 2.04. The van der Waals surface area contributed by atoms with Gasteiger partial charge in [0.05, 0.1) is 6.42 Å². The van der Waals surface area contributed by atoms with Crippen molar-refractivity contribution in [2.75, 3.05) is 6.61 Å². The zero-order chi connectivity index (χ0) is 16.7. The lowest BCUT2D eigenvalue weighted by molar-refractivity contribution is -0.136. The molecule has 0 aliphatic carbocycles. The molecule has 1 amide bonds. The second-order valence-electron chi connectivity index (χ2n) is 4.91. The molecule has 6 heteroatoms. The van der Waals surface area contributed by atoms with Gasteiger partial charge in [-0.2, -0.15) is 0 Å². The third-order valence-corrected chi connectivity index (χ3v) is 3.30. The molecule has 2 N–H and O–H groups in total. The summed E-state index contributed by atoms with van der Waals surface area (Å²) in [6.45, 7) is 0.294. The molecule has 2 rings (SSSR count). The fourth-order valence-corrected chi connectivity index (χ4v) is 2.01. The molecule has 0 aromatic heterocycles. The highest BCUT2D eigenvalue weighted by atomic mass is 35.5. The number of carboxylic acid groups (broad SMARTS) is 1. The number of rotatable bonds is 7. The highest BCUT2D eigenvalue weighted by Crippen LogP contribution is 2.12. The van der Waals surface area contributed by atoms with E-state index in [-0.39, 0.29) is 18.9 Å². The number of hydrogen-bond acceptors (Lipinski definition) is 3. The van der Waals surface area contributed by atoms with Crippen LogP contribution in [0, 0.1) is 0 Å². The Hall–Kier alpha value is -2.53. The minimum absolute atomic E-state index is 0.0398. The molecule has 0 radical (unpaired) electrons. The third-order valence-electron chi connectivity index (χ3n) is 3.05. The Balaban J connectivity index is 1.75. The summed E-state index contributed by atoms with van der Waals surface area (Å²) < 4.78 is 5.35. The van der Waals surface area contributed by atoms with E-state index in [2.05, 4.69) is 5.32 Å². The summed E-state index contributed by atoms with van der Waals surface area (Å²) >= 11 is 5.79. The highest BCUT2D eigenvalue weighted by molar-refractivity contribution is 6.30. The van der Waals surface area contributed by atoms with Crippen LogP contribution in [-0.2, 0) is 22.6 Å². The Kier molecular flexibility index (Phi) is 6.00. The maximum absolute atomic E-state index is 11.7. The van der Waals surface area contributed by atoms with Crippen molar-refractivity contribution < 1.29 is 19.4 Å². The summed E-state index contributed by atoms with van der Waals surface area (Å²) in [6.07, 6.45) is -0.0398. The molecule has 120 valence electrons. The van der Waals surface area contributed by atoms with Gasteiger partial charge in [0.2, 0.25) is 0 Å². The van der Waals surface area contributed by atoms with E-state index in [0.717, 1.165) is 5.56 Å². The number of aliphatic carboxylic acids is 1. The molecule has 2 aromatic carbocycles. The molecule has 0 atom stereocenters. The largest absolute Gasteiger partial charge is 0.484 e. The Morgan fingerprint density at radius 2 is 1.61 bits per heavy atom. The van der Waals surface area contributed by atoms with Crippen LogP contribution in [0.25, 0.3) is 0 Å². The number of carbonyl (C=O) groups is 2. The quantitative estimate of drug-likeness (QED) is 0.816. The Labute approximate surface area is 138 Å². The minimum atomic E-state index is -0.889. The number of carboxylic acids is 1. The Bertz CT molecular complexity index is 668. The van der Waals surface area contributed by atoms with Gasteiger partial charge >= 0.3 is 5.97 Å². The molecule has 2 aromatic rings. The van der Waals surface area contributed by atoms with Crippen LogP contribution in [0.2, 0.25) is 5.02 Å². The van der Waals surface area contributed by atoms with Crippen molar-refractivity contribution >= 4 is 23.5 Å². The van der Waals surface area contributed by atoms with E-state index in [4.69, 9.17) is 21.4 Å². The van der Waals surface area contributed by atoms with E-state index in [1.54, 1.807) is 36.4 Å². The van der Waals surface area contributed by atoms with E-state index < -0.39 is 5.97 Å². The number of halogens is 1. The third kappa shape index (κ3) is 6.00. The van der Waals surface area contributed by atoms with Crippen molar-refractivity contribution in [2.24, 2.45) is 0 Å². The van der Waals surface area contributed by atoms with Crippen LogP contribution in [0.1, 0.15) is 11.1 Å². The van der Waals surface area contributed by atoms with E-state index >= 15 is 0 Å². The average molecular weight is 334 g/mol. The normalized spacial score (nSPS) is 10.1. The van der Waals surface area contributed by atoms with Crippen LogP contribution in [-0.4, -0.2) is 23.6 Å². The first kappa shape index (κ1) is 16.8. The Morgan fingerprint density at radius 1 is 1.00 bits per heavy atom. The van der Waals surface area contributed by atoms with Crippen molar-refractivity contribution in [1.29, 1.82) is 0 Å². The lowest BCUT2D eigenvalue weighted by Crippen LogP contribution is -2.28. The van der Waals surface area contributed by atoms with Gasteiger partial charge in [-0.1, -0.05) is 35.9 Å². The van der Waals surface area contributed by atoms with Crippen LogP contribution in [0.15, 0.2) is 48.5 Å². The molecule has 0 unspecified atom stereocenters. The van der Waals surface area contributed by atoms with Gasteiger partial charge in [-0.3, -0.25) is 9.59 Å². The van der Waals surface area contributed by atoms with E-state index in [0.29, 0.717) is 22.9 Å². The second kappa shape index (κ2) is 8.19. The summed E-state index contributed by atoms with van der Waals surface area (Å²) in [7, 11) is 0. The molecule has 23 heavy (non-hydrogen) atoms. The van der Waals surface area contributed by atoms with E-state index in [1.807, 2.05) is 12.1 Å². The topological polar surface area (TPSA) is 75.6 Å². The van der Waals surface area contributed by atoms with E-state index in [1.165, 1.54) is 0 Å². The van der Waals surface area contributed by atoms with Gasteiger partial charge in [0.25, 0.3) is 5.91 Å². The van der Waals surface area contributed by atoms with Crippen LogP contribution in [0.4, 0.5) is 0 Å². The van der Waals surface area contributed by atoms with Crippen molar-refractivity contribution in [3.8, 4) is 5.75 Å². The second-order valence-corrected chi connectivity index (χ2v) is 5.34. The monoisotopic (exact) mass is 333 g/mol. The summed E-state index contributed by atoms with van der Waals surface area (Å²) in [6, 6.07) is 13.8. The molecule has 0 aliphatic rings. The van der Waals surface area contributed by atoms with Gasteiger partial charge in [-0.25, -0.2) is 0 Å². The lowest BCUT2D eigenvalue weighted by Gasteiger charge is -2.08. The minimum Gasteiger partial charge on any atom is -0.484 e.